The van der Waals surface area contributed by atoms with Crippen molar-refractivity contribution in [2.75, 3.05) is 5.32 Å². The number of phenols is 1. The van der Waals surface area contributed by atoms with Crippen molar-refractivity contribution in [3.8, 4) is 5.75 Å². The van der Waals surface area contributed by atoms with E-state index >= 15 is 0 Å². The van der Waals surface area contributed by atoms with Gasteiger partial charge in [0.1, 0.15) is 21.6 Å². The lowest BCUT2D eigenvalue weighted by molar-refractivity contribution is 0.200. The number of anilines is 1. The third kappa shape index (κ3) is 5.64. The van der Waals surface area contributed by atoms with Crippen LogP contribution in [0.5, 0.6) is 5.75 Å². The predicted molar refractivity (Wildman–Crippen MR) is 118 cm³/mol. The molecule has 0 aliphatic heterocycles. The van der Waals surface area contributed by atoms with E-state index in [-0.39, 0.29) is 24.9 Å². The van der Waals surface area contributed by atoms with Crippen molar-refractivity contribution in [3.05, 3.63) is 96.7 Å². The molecule has 1 aromatic carbocycles. The van der Waals surface area contributed by atoms with E-state index in [4.69, 9.17) is 4.42 Å². The van der Waals surface area contributed by atoms with Gasteiger partial charge in [-0.05, 0) is 42.5 Å². The molecule has 0 saturated carbocycles. The van der Waals surface area contributed by atoms with Crippen molar-refractivity contribution >= 4 is 23.5 Å². The monoisotopic (exact) mass is 432 g/mol. The Morgan fingerprint density at radius 3 is 2.58 bits per heavy atom. The Morgan fingerprint density at radius 1 is 0.968 bits per heavy atom. The van der Waals surface area contributed by atoms with Gasteiger partial charge in [0.15, 0.2) is 0 Å². The first-order chi connectivity index (χ1) is 15.2. The van der Waals surface area contributed by atoms with Gasteiger partial charge in [0.05, 0.1) is 19.4 Å². The summed E-state index contributed by atoms with van der Waals surface area (Å²) in [7, 11) is 0. The van der Waals surface area contributed by atoms with Crippen LogP contribution in [-0.4, -0.2) is 26.0 Å². The topological polar surface area (TPSA) is 91.5 Å². The molecule has 0 saturated heterocycles. The molecule has 0 radical (unpaired) electrons. The average Bonchev–Trinajstić information content (AvgIpc) is 3.29. The Morgan fingerprint density at radius 2 is 1.81 bits per heavy atom. The van der Waals surface area contributed by atoms with Gasteiger partial charge in [0.2, 0.25) is 0 Å². The highest BCUT2D eigenvalue weighted by Gasteiger charge is 2.18. The fourth-order valence-corrected chi connectivity index (χ4v) is 3.67. The molecule has 3 aromatic heterocycles. The number of amides is 2. The van der Waals surface area contributed by atoms with E-state index in [1.165, 1.54) is 11.8 Å². The van der Waals surface area contributed by atoms with Gasteiger partial charge in [-0.15, -0.1) is 0 Å². The Balaban J connectivity index is 1.50. The van der Waals surface area contributed by atoms with Crippen LogP contribution in [0.25, 0.3) is 0 Å². The molecule has 0 spiro atoms. The van der Waals surface area contributed by atoms with Crippen molar-refractivity contribution in [3.63, 3.8) is 0 Å². The number of furan rings is 1. The molecule has 156 valence electrons. The molecule has 3 heterocycles. The Kier molecular flexibility index (Phi) is 6.49. The zero-order valence-electron chi connectivity index (χ0n) is 16.5. The standard InChI is InChI=1S/C23H20N4O3S/c28-20-8-2-1-6-17(20)15-27(16-19-7-5-13-30-19)23(29)26-18-10-12-25-22(14-18)31-21-9-3-4-11-24-21/h1-14,28H,15-16H2,(H,25,26,29). The molecule has 0 fully saturated rings. The number of nitrogens with zero attached hydrogens (tertiary/aromatic N) is 3. The second-order valence-electron chi connectivity index (χ2n) is 6.65. The number of phenolic OH excluding ortho intramolecular Hbond substituents is 1. The van der Waals surface area contributed by atoms with Crippen LogP contribution in [0.3, 0.4) is 0 Å². The van der Waals surface area contributed by atoms with E-state index in [2.05, 4.69) is 15.3 Å². The molecule has 7 nitrogen and oxygen atoms in total. The lowest BCUT2D eigenvalue weighted by Crippen LogP contribution is -2.34. The molecule has 0 aliphatic carbocycles. The zero-order chi connectivity index (χ0) is 21.5. The van der Waals surface area contributed by atoms with Gasteiger partial charge >= 0.3 is 6.03 Å². The van der Waals surface area contributed by atoms with Crippen molar-refractivity contribution in [2.24, 2.45) is 0 Å². The highest BCUT2D eigenvalue weighted by molar-refractivity contribution is 7.99. The van der Waals surface area contributed by atoms with Crippen LogP contribution in [0.15, 0.2) is 99.9 Å². The number of hydrogen-bond acceptors (Lipinski definition) is 6. The number of nitrogens with one attached hydrogen (secondary N) is 1. The van der Waals surface area contributed by atoms with E-state index in [1.807, 2.05) is 24.3 Å². The van der Waals surface area contributed by atoms with Crippen LogP contribution in [0.4, 0.5) is 10.5 Å². The summed E-state index contributed by atoms with van der Waals surface area (Å²) in [6.07, 6.45) is 4.93. The van der Waals surface area contributed by atoms with E-state index < -0.39 is 0 Å². The van der Waals surface area contributed by atoms with Gasteiger partial charge < -0.3 is 19.7 Å². The van der Waals surface area contributed by atoms with Gasteiger partial charge in [-0.25, -0.2) is 14.8 Å². The second kappa shape index (κ2) is 9.82. The molecule has 2 amide bonds. The van der Waals surface area contributed by atoms with Crippen molar-refractivity contribution in [1.82, 2.24) is 14.9 Å². The number of carbonyl (C=O) groups excluding carboxylic acids is 1. The van der Waals surface area contributed by atoms with Crippen molar-refractivity contribution in [2.45, 2.75) is 23.1 Å². The maximum atomic E-state index is 13.1. The summed E-state index contributed by atoms with van der Waals surface area (Å²) in [5.74, 6) is 0.782. The minimum Gasteiger partial charge on any atom is -0.508 e. The number of benzene rings is 1. The molecule has 0 unspecified atom stereocenters. The van der Waals surface area contributed by atoms with E-state index in [0.29, 0.717) is 17.0 Å². The molecule has 2 N–H and O–H groups in total. The lowest BCUT2D eigenvalue weighted by atomic mass is 10.2. The molecule has 0 atom stereocenters. The Hall–Kier alpha value is -3.78. The summed E-state index contributed by atoms with van der Waals surface area (Å²) in [5, 5.41) is 14.6. The normalized spacial score (nSPS) is 10.6. The number of aromatic nitrogens is 2. The summed E-state index contributed by atoms with van der Waals surface area (Å²) in [6, 6.07) is 19.4. The van der Waals surface area contributed by atoms with Gasteiger partial charge in [-0.1, -0.05) is 36.0 Å². The van der Waals surface area contributed by atoms with E-state index in [0.717, 1.165) is 10.1 Å². The van der Waals surface area contributed by atoms with Crippen LogP contribution in [0.1, 0.15) is 11.3 Å². The third-order valence-corrected chi connectivity index (χ3v) is 5.28. The quantitative estimate of drug-likeness (QED) is 0.419. The summed E-state index contributed by atoms with van der Waals surface area (Å²) in [6.45, 7) is 0.480. The molecule has 4 rings (SSSR count). The van der Waals surface area contributed by atoms with Crippen molar-refractivity contribution in [1.29, 1.82) is 0 Å². The summed E-state index contributed by atoms with van der Waals surface area (Å²) < 4.78 is 5.41. The minimum absolute atomic E-state index is 0.137. The molecular formula is C23H20N4O3S. The van der Waals surface area contributed by atoms with Crippen LogP contribution in [-0.2, 0) is 13.1 Å². The molecule has 0 aliphatic rings. The van der Waals surface area contributed by atoms with Gasteiger partial charge in [-0.3, -0.25) is 0 Å². The Bertz CT molecular complexity index is 1140. The smallest absolute Gasteiger partial charge is 0.322 e. The van der Waals surface area contributed by atoms with E-state index in [1.54, 1.807) is 66.0 Å². The van der Waals surface area contributed by atoms with Crippen LogP contribution in [0.2, 0.25) is 0 Å². The highest BCUT2D eigenvalue weighted by atomic mass is 32.2. The van der Waals surface area contributed by atoms with Crippen LogP contribution in [0, 0.1) is 0 Å². The van der Waals surface area contributed by atoms with Crippen LogP contribution < -0.4 is 5.32 Å². The average molecular weight is 433 g/mol. The van der Waals surface area contributed by atoms with Crippen molar-refractivity contribution < 1.29 is 14.3 Å². The van der Waals surface area contributed by atoms with Gasteiger partial charge in [0, 0.05) is 23.6 Å². The maximum absolute atomic E-state index is 13.1. The largest absolute Gasteiger partial charge is 0.508 e. The lowest BCUT2D eigenvalue weighted by Gasteiger charge is -2.23. The first-order valence-electron chi connectivity index (χ1n) is 9.57. The number of rotatable bonds is 7. The second-order valence-corrected chi connectivity index (χ2v) is 7.69. The van der Waals surface area contributed by atoms with Crippen LogP contribution >= 0.6 is 11.8 Å². The van der Waals surface area contributed by atoms with E-state index in [9.17, 15) is 9.90 Å². The fraction of sp³-hybridized carbons (Fsp3) is 0.0870. The molecule has 31 heavy (non-hydrogen) atoms. The fourth-order valence-electron chi connectivity index (χ4n) is 2.90. The summed E-state index contributed by atoms with van der Waals surface area (Å²) in [5.41, 5.74) is 1.26. The zero-order valence-corrected chi connectivity index (χ0v) is 17.3. The summed E-state index contributed by atoms with van der Waals surface area (Å²) >= 11 is 1.41. The SMILES string of the molecule is O=C(Nc1ccnc(Sc2ccccn2)c1)N(Cc1ccco1)Cc1ccccc1O. The molecule has 8 heteroatoms. The first-order valence-corrected chi connectivity index (χ1v) is 10.4. The van der Waals surface area contributed by atoms with Gasteiger partial charge in [-0.2, -0.15) is 0 Å². The number of urea groups is 1. The number of para-hydroxylation sites is 1. The molecular weight excluding hydrogens is 412 g/mol. The molecule has 4 aromatic rings. The number of aromatic hydroxyl groups is 1. The maximum Gasteiger partial charge on any atom is 0.322 e. The number of pyridine rings is 2. The third-order valence-electron chi connectivity index (χ3n) is 4.40. The summed E-state index contributed by atoms with van der Waals surface area (Å²) in [4.78, 5) is 23.3. The number of hydrogen-bond donors (Lipinski definition) is 2. The van der Waals surface area contributed by atoms with Gasteiger partial charge in [0.25, 0.3) is 0 Å². The highest BCUT2D eigenvalue weighted by Crippen LogP contribution is 2.26. The predicted octanol–water partition coefficient (Wildman–Crippen LogP) is 5.16. The Labute approximate surface area is 183 Å². The minimum atomic E-state index is -0.320. The number of carbonyl (C=O) groups is 1. The first kappa shape index (κ1) is 20.5. The molecule has 0 bridgehead atoms.